The van der Waals surface area contributed by atoms with Crippen molar-refractivity contribution in [2.75, 3.05) is 5.73 Å². The van der Waals surface area contributed by atoms with E-state index < -0.39 is 4.92 Å². The first-order chi connectivity index (χ1) is 8.56. The molecule has 2 N–H and O–H groups in total. The number of rotatable bonds is 4. The zero-order chi connectivity index (χ0) is 13.1. The molecule has 0 spiro atoms. The van der Waals surface area contributed by atoms with E-state index in [0.717, 1.165) is 0 Å². The Labute approximate surface area is 110 Å². The summed E-state index contributed by atoms with van der Waals surface area (Å²) in [4.78, 5) is 10.1. The van der Waals surface area contributed by atoms with Crippen LogP contribution in [-0.2, 0) is 6.61 Å². The number of hydrogen-bond acceptors (Lipinski definition) is 7. The van der Waals surface area contributed by atoms with Crippen molar-refractivity contribution in [3.05, 3.63) is 38.3 Å². The smallest absolute Gasteiger partial charge is 0.273 e. The molecule has 2 aromatic rings. The van der Waals surface area contributed by atoms with Crippen molar-refractivity contribution in [2.45, 2.75) is 6.61 Å². The highest BCUT2D eigenvalue weighted by molar-refractivity contribution is 7.15. The van der Waals surface area contributed by atoms with E-state index in [1.165, 1.54) is 29.5 Å². The summed E-state index contributed by atoms with van der Waals surface area (Å²) in [5, 5.41) is 19.2. The Morgan fingerprint density at radius 3 is 2.89 bits per heavy atom. The highest BCUT2D eigenvalue weighted by Gasteiger charge is 2.11. The first kappa shape index (κ1) is 12.5. The van der Waals surface area contributed by atoms with E-state index in [0.29, 0.717) is 10.1 Å². The van der Waals surface area contributed by atoms with E-state index in [9.17, 15) is 10.1 Å². The summed E-state index contributed by atoms with van der Waals surface area (Å²) in [6.07, 6.45) is 0. The molecule has 0 unspecified atom stereocenters. The van der Waals surface area contributed by atoms with Gasteiger partial charge in [0.05, 0.1) is 16.0 Å². The predicted molar refractivity (Wildman–Crippen MR) is 66.8 cm³/mol. The number of nitro groups is 1. The lowest BCUT2D eigenvalue weighted by atomic mass is 10.3. The van der Waals surface area contributed by atoms with Crippen molar-refractivity contribution in [1.82, 2.24) is 10.2 Å². The predicted octanol–water partition coefficient (Wildman–Crippen LogP) is 2.26. The van der Waals surface area contributed by atoms with E-state index in [2.05, 4.69) is 10.2 Å². The van der Waals surface area contributed by atoms with Crippen LogP contribution in [-0.4, -0.2) is 15.1 Å². The van der Waals surface area contributed by atoms with Crippen LogP contribution in [0.15, 0.2) is 18.2 Å². The largest absolute Gasteiger partial charge is 0.485 e. The fraction of sp³-hybridized carbons (Fsp3) is 0.111. The molecule has 9 heteroatoms. The second kappa shape index (κ2) is 5.15. The SMILES string of the molecule is Nc1nnc(COc2cc([N+](=O)[O-])ccc2Cl)s1. The van der Waals surface area contributed by atoms with Gasteiger partial charge in [0.15, 0.2) is 5.01 Å². The molecule has 0 fully saturated rings. The molecular formula is C9H7ClN4O3S. The molecule has 1 aromatic carbocycles. The van der Waals surface area contributed by atoms with Gasteiger partial charge in [0.1, 0.15) is 12.4 Å². The minimum Gasteiger partial charge on any atom is -0.485 e. The summed E-state index contributed by atoms with van der Waals surface area (Å²) in [5.74, 6) is 0.222. The lowest BCUT2D eigenvalue weighted by molar-refractivity contribution is -0.384. The van der Waals surface area contributed by atoms with E-state index in [-0.39, 0.29) is 23.1 Å². The maximum Gasteiger partial charge on any atom is 0.273 e. The summed E-state index contributed by atoms with van der Waals surface area (Å²) in [5.41, 5.74) is 5.32. The number of nitrogens with zero attached hydrogens (tertiary/aromatic N) is 3. The number of nitro benzene ring substituents is 1. The number of nitrogens with two attached hydrogens (primary N) is 1. The lowest BCUT2D eigenvalue weighted by Crippen LogP contribution is -1.96. The Morgan fingerprint density at radius 1 is 1.50 bits per heavy atom. The topological polar surface area (TPSA) is 104 Å². The van der Waals surface area contributed by atoms with Gasteiger partial charge < -0.3 is 10.5 Å². The molecule has 0 aliphatic carbocycles. The molecule has 0 amide bonds. The molecule has 0 aliphatic heterocycles. The molecule has 2 rings (SSSR count). The Kier molecular flexibility index (Phi) is 3.58. The van der Waals surface area contributed by atoms with Crippen molar-refractivity contribution in [1.29, 1.82) is 0 Å². The molecule has 94 valence electrons. The first-order valence-electron chi connectivity index (χ1n) is 4.71. The first-order valence-corrected chi connectivity index (χ1v) is 5.90. The van der Waals surface area contributed by atoms with Gasteiger partial charge in [-0.2, -0.15) is 0 Å². The van der Waals surface area contributed by atoms with Gasteiger partial charge in [0, 0.05) is 6.07 Å². The van der Waals surface area contributed by atoms with Crippen molar-refractivity contribution < 1.29 is 9.66 Å². The average molecular weight is 287 g/mol. The third-order valence-corrected chi connectivity index (χ3v) is 3.00. The summed E-state index contributed by atoms with van der Waals surface area (Å²) < 4.78 is 5.34. The number of halogens is 1. The Morgan fingerprint density at radius 2 is 2.28 bits per heavy atom. The van der Waals surface area contributed by atoms with Crippen LogP contribution in [0.1, 0.15) is 5.01 Å². The number of aromatic nitrogens is 2. The number of hydrogen-bond donors (Lipinski definition) is 1. The van der Waals surface area contributed by atoms with Crippen molar-refractivity contribution in [2.24, 2.45) is 0 Å². The van der Waals surface area contributed by atoms with E-state index in [1.54, 1.807) is 0 Å². The van der Waals surface area contributed by atoms with Crippen LogP contribution < -0.4 is 10.5 Å². The monoisotopic (exact) mass is 286 g/mol. The highest BCUT2D eigenvalue weighted by atomic mass is 35.5. The molecule has 0 saturated heterocycles. The third-order valence-electron chi connectivity index (χ3n) is 1.96. The number of ether oxygens (including phenoxy) is 1. The molecule has 1 aromatic heterocycles. The van der Waals surface area contributed by atoms with Crippen LogP contribution in [0.25, 0.3) is 0 Å². The standard InChI is InChI=1S/C9H7ClN4O3S/c10-6-2-1-5(14(15)16)3-7(6)17-4-8-12-13-9(11)18-8/h1-3H,4H2,(H2,11,13). The molecule has 0 aliphatic rings. The van der Waals surface area contributed by atoms with Gasteiger partial charge in [-0.1, -0.05) is 22.9 Å². The quantitative estimate of drug-likeness (QED) is 0.683. The number of non-ortho nitro benzene ring substituents is 1. The van der Waals surface area contributed by atoms with Gasteiger partial charge in [-0.05, 0) is 6.07 Å². The highest BCUT2D eigenvalue weighted by Crippen LogP contribution is 2.29. The van der Waals surface area contributed by atoms with Gasteiger partial charge >= 0.3 is 0 Å². The third kappa shape index (κ3) is 2.84. The van der Waals surface area contributed by atoms with Crippen LogP contribution in [0.2, 0.25) is 5.02 Å². The summed E-state index contributed by atoms with van der Waals surface area (Å²) in [6, 6.07) is 3.97. The molecule has 0 saturated carbocycles. The maximum absolute atomic E-state index is 10.6. The maximum atomic E-state index is 10.6. The molecular weight excluding hydrogens is 280 g/mol. The van der Waals surface area contributed by atoms with Crippen LogP contribution in [0.4, 0.5) is 10.8 Å². The summed E-state index contributed by atoms with van der Waals surface area (Å²) >= 11 is 7.04. The number of nitrogen functional groups attached to an aromatic ring is 1. The number of anilines is 1. The molecule has 7 nitrogen and oxygen atoms in total. The second-order valence-electron chi connectivity index (χ2n) is 3.19. The molecule has 1 heterocycles. The number of benzene rings is 1. The molecule has 0 bridgehead atoms. The van der Waals surface area contributed by atoms with Gasteiger partial charge in [0.25, 0.3) is 5.69 Å². The second-order valence-corrected chi connectivity index (χ2v) is 4.70. The Balaban J connectivity index is 2.13. The summed E-state index contributed by atoms with van der Waals surface area (Å²) in [6.45, 7) is 0.107. The minimum atomic E-state index is -0.522. The van der Waals surface area contributed by atoms with E-state index >= 15 is 0 Å². The van der Waals surface area contributed by atoms with Crippen LogP contribution in [0, 0.1) is 10.1 Å². The van der Waals surface area contributed by atoms with E-state index in [4.69, 9.17) is 22.1 Å². The van der Waals surface area contributed by atoms with Gasteiger partial charge in [0.2, 0.25) is 5.13 Å². The average Bonchev–Trinajstić information content (AvgIpc) is 2.74. The molecule has 0 radical (unpaired) electrons. The van der Waals surface area contributed by atoms with E-state index in [1.807, 2.05) is 0 Å². The Hall–Kier alpha value is -1.93. The Bertz CT molecular complexity index is 589. The summed E-state index contributed by atoms with van der Waals surface area (Å²) in [7, 11) is 0. The van der Waals surface area contributed by atoms with Crippen molar-refractivity contribution >= 4 is 33.8 Å². The minimum absolute atomic E-state index is 0.0915. The lowest BCUT2D eigenvalue weighted by Gasteiger charge is -2.05. The zero-order valence-electron chi connectivity index (χ0n) is 8.87. The van der Waals surface area contributed by atoms with Gasteiger partial charge in [-0.15, -0.1) is 10.2 Å². The van der Waals surface area contributed by atoms with Gasteiger partial charge in [-0.3, -0.25) is 10.1 Å². The van der Waals surface area contributed by atoms with Crippen LogP contribution in [0.3, 0.4) is 0 Å². The normalized spacial score (nSPS) is 10.3. The van der Waals surface area contributed by atoms with Crippen molar-refractivity contribution in [3.8, 4) is 5.75 Å². The zero-order valence-corrected chi connectivity index (χ0v) is 10.4. The van der Waals surface area contributed by atoms with Gasteiger partial charge in [-0.25, -0.2) is 0 Å². The van der Waals surface area contributed by atoms with Crippen molar-refractivity contribution in [3.63, 3.8) is 0 Å². The van der Waals surface area contributed by atoms with Crippen LogP contribution >= 0.6 is 22.9 Å². The molecule has 18 heavy (non-hydrogen) atoms. The van der Waals surface area contributed by atoms with Crippen LogP contribution in [0.5, 0.6) is 5.75 Å². The fourth-order valence-corrected chi connectivity index (χ4v) is 1.88. The fourth-order valence-electron chi connectivity index (χ4n) is 1.18. The molecule has 0 atom stereocenters.